The van der Waals surface area contributed by atoms with E-state index in [4.69, 9.17) is 32.7 Å². The number of carboxylic acids is 1. The number of carboxylic acid groups (broad SMARTS) is 1. The van der Waals surface area contributed by atoms with Gasteiger partial charge < -0.3 is 14.6 Å². The molecular formula is C29H33Cl2F2NO4. The first-order chi connectivity index (χ1) is 18.1. The lowest BCUT2D eigenvalue weighted by Gasteiger charge is -2.46. The average molecular weight is 568 g/mol. The van der Waals surface area contributed by atoms with Crippen LogP contribution in [0.1, 0.15) is 74.6 Å². The number of ether oxygens (including phenoxy) is 2. The Labute approximate surface area is 232 Å². The molecule has 2 heterocycles. The molecule has 3 atom stereocenters. The lowest BCUT2D eigenvalue weighted by Crippen LogP contribution is -2.50. The summed E-state index contributed by atoms with van der Waals surface area (Å²) < 4.78 is 37.6. The Balaban J connectivity index is 1.31. The SMILES string of the molecule is CC(c1cc(Cl)cc(Cl)c1OC(F)F)N1CCC2(CCc3ccc(C(C4CC4)[C@H](C)C(=O)O)cc3O2)CC1. The van der Waals surface area contributed by atoms with E-state index in [1.54, 1.807) is 13.0 Å². The fraction of sp³-hybridized carbons (Fsp3) is 0.552. The Morgan fingerprint density at radius 3 is 2.47 bits per heavy atom. The molecule has 2 aromatic carbocycles. The summed E-state index contributed by atoms with van der Waals surface area (Å²) in [5.41, 5.74) is 2.45. The molecule has 0 amide bonds. The predicted molar refractivity (Wildman–Crippen MR) is 143 cm³/mol. The summed E-state index contributed by atoms with van der Waals surface area (Å²) in [5.74, 6) is 0.0441. The van der Waals surface area contributed by atoms with Gasteiger partial charge in [-0.05, 0) is 86.6 Å². The molecule has 5 rings (SSSR count). The second kappa shape index (κ2) is 10.8. The van der Waals surface area contributed by atoms with Crippen LogP contribution in [0.3, 0.4) is 0 Å². The number of hydrogen-bond donors (Lipinski definition) is 1. The molecule has 2 unspecified atom stereocenters. The molecule has 1 N–H and O–H groups in total. The summed E-state index contributed by atoms with van der Waals surface area (Å²) in [6.45, 7) is 2.20. The molecule has 0 aromatic heterocycles. The third kappa shape index (κ3) is 5.61. The standard InChI is InChI=1S/C29H33Cl2F2NO4/c1-16(27(35)36)25(19-4-5-19)20-6-3-18-7-8-29(38-24(18)13-20)9-11-34(12-10-29)17(2)22-14-21(30)15-23(31)26(22)37-28(32)33/h3,6,13-17,19,25,28H,4-5,7-12H2,1-2H3,(H,35,36)/t16-,17?,25?/m0/s1. The van der Waals surface area contributed by atoms with Gasteiger partial charge in [-0.1, -0.05) is 42.3 Å². The van der Waals surface area contributed by atoms with Crippen LogP contribution in [0.25, 0.3) is 0 Å². The summed E-state index contributed by atoms with van der Waals surface area (Å²) >= 11 is 12.4. The fourth-order valence-corrected chi connectivity index (χ4v) is 6.83. The molecular weight excluding hydrogens is 535 g/mol. The maximum atomic E-state index is 13.1. The minimum atomic E-state index is -2.98. The molecule has 1 spiro atoms. The van der Waals surface area contributed by atoms with Crippen molar-refractivity contribution in [3.63, 3.8) is 0 Å². The van der Waals surface area contributed by atoms with E-state index in [-0.39, 0.29) is 28.3 Å². The van der Waals surface area contributed by atoms with Gasteiger partial charge in [0.1, 0.15) is 17.1 Å². The Kier molecular flexibility index (Phi) is 7.82. The first-order valence-corrected chi connectivity index (χ1v) is 14.0. The Morgan fingerprint density at radius 2 is 1.84 bits per heavy atom. The number of benzene rings is 2. The van der Waals surface area contributed by atoms with Crippen molar-refractivity contribution in [2.75, 3.05) is 13.1 Å². The molecule has 3 aliphatic rings. The van der Waals surface area contributed by atoms with Crippen LogP contribution in [0.4, 0.5) is 8.78 Å². The Bertz CT molecular complexity index is 1200. The van der Waals surface area contributed by atoms with Crippen molar-refractivity contribution in [2.24, 2.45) is 11.8 Å². The Morgan fingerprint density at radius 1 is 1.13 bits per heavy atom. The topological polar surface area (TPSA) is 59.0 Å². The quantitative estimate of drug-likeness (QED) is 0.353. The van der Waals surface area contributed by atoms with Gasteiger partial charge in [0.25, 0.3) is 0 Å². The number of aryl methyl sites for hydroxylation is 1. The van der Waals surface area contributed by atoms with E-state index >= 15 is 0 Å². The first-order valence-electron chi connectivity index (χ1n) is 13.3. The van der Waals surface area contributed by atoms with Crippen LogP contribution < -0.4 is 9.47 Å². The number of aliphatic carboxylic acids is 1. The van der Waals surface area contributed by atoms with E-state index in [0.29, 0.717) is 16.5 Å². The van der Waals surface area contributed by atoms with E-state index < -0.39 is 18.5 Å². The third-order valence-corrected chi connectivity index (χ3v) is 9.16. The van der Waals surface area contributed by atoms with Gasteiger partial charge in [0, 0.05) is 29.7 Å². The van der Waals surface area contributed by atoms with Gasteiger partial charge in [-0.15, -0.1) is 0 Å². The van der Waals surface area contributed by atoms with Crippen molar-refractivity contribution in [2.45, 2.75) is 76.5 Å². The highest BCUT2D eigenvalue weighted by Gasteiger charge is 2.42. The van der Waals surface area contributed by atoms with Crippen LogP contribution in [-0.2, 0) is 11.2 Å². The number of rotatable bonds is 8. The van der Waals surface area contributed by atoms with Crippen LogP contribution in [0.15, 0.2) is 30.3 Å². The molecule has 0 bridgehead atoms. The molecule has 2 fully saturated rings. The van der Waals surface area contributed by atoms with Gasteiger partial charge in [0.2, 0.25) is 0 Å². The number of fused-ring (bicyclic) bond motifs is 1. The van der Waals surface area contributed by atoms with Crippen molar-refractivity contribution in [1.82, 2.24) is 4.90 Å². The normalized spacial score (nSPS) is 21.4. The molecule has 1 saturated heterocycles. The van der Waals surface area contributed by atoms with E-state index in [0.717, 1.165) is 68.5 Å². The highest BCUT2D eigenvalue weighted by Crippen LogP contribution is 2.49. The largest absolute Gasteiger partial charge is 0.487 e. The van der Waals surface area contributed by atoms with Crippen LogP contribution >= 0.6 is 23.2 Å². The van der Waals surface area contributed by atoms with E-state index in [2.05, 4.69) is 23.1 Å². The number of alkyl halides is 2. The van der Waals surface area contributed by atoms with Gasteiger partial charge >= 0.3 is 12.6 Å². The molecule has 9 heteroatoms. The number of halogens is 4. The number of hydrogen-bond acceptors (Lipinski definition) is 4. The number of likely N-dealkylation sites (tertiary alicyclic amines) is 1. The average Bonchev–Trinajstić information content (AvgIpc) is 3.70. The summed E-state index contributed by atoms with van der Waals surface area (Å²) in [6, 6.07) is 9.10. The van der Waals surface area contributed by atoms with Crippen molar-refractivity contribution in [1.29, 1.82) is 0 Å². The van der Waals surface area contributed by atoms with Crippen molar-refractivity contribution < 1.29 is 28.2 Å². The maximum absolute atomic E-state index is 13.1. The lowest BCUT2D eigenvalue weighted by atomic mass is 9.80. The van der Waals surface area contributed by atoms with Gasteiger partial charge in [0.15, 0.2) is 0 Å². The predicted octanol–water partition coefficient (Wildman–Crippen LogP) is 7.73. The van der Waals surface area contributed by atoms with Gasteiger partial charge in [-0.3, -0.25) is 9.69 Å². The van der Waals surface area contributed by atoms with Crippen LogP contribution in [0.5, 0.6) is 11.5 Å². The van der Waals surface area contributed by atoms with E-state index in [1.165, 1.54) is 6.07 Å². The molecule has 1 aliphatic carbocycles. The minimum absolute atomic E-state index is 0.00357. The molecule has 0 radical (unpaired) electrons. The Hall–Kier alpha value is -2.09. The van der Waals surface area contributed by atoms with Crippen molar-refractivity contribution in [3.05, 3.63) is 57.1 Å². The zero-order valence-corrected chi connectivity index (χ0v) is 23.1. The van der Waals surface area contributed by atoms with Gasteiger partial charge in [0.05, 0.1) is 10.9 Å². The fourth-order valence-electron chi connectivity index (χ4n) is 6.28. The number of nitrogens with zero attached hydrogens (tertiary/aromatic N) is 1. The van der Waals surface area contributed by atoms with Crippen LogP contribution in [0.2, 0.25) is 10.0 Å². The summed E-state index contributed by atoms with van der Waals surface area (Å²) in [4.78, 5) is 14.0. The minimum Gasteiger partial charge on any atom is -0.487 e. The third-order valence-electron chi connectivity index (χ3n) is 8.66. The zero-order valence-electron chi connectivity index (χ0n) is 21.6. The summed E-state index contributed by atoms with van der Waals surface area (Å²) in [6.07, 6.45) is 5.53. The monoisotopic (exact) mass is 567 g/mol. The van der Waals surface area contributed by atoms with Crippen molar-refractivity contribution in [3.8, 4) is 11.5 Å². The number of piperidine rings is 1. The number of carbonyl (C=O) groups is 1. The van der Waals surface area contributed by atoms with Gasteiger partial charge in [-0.2, -0.15) is 8.78 Å². The second-order valence-corrected chi connectivity index (χ2v) is 11.9. The van der Waals surface area contributed by atoms with E-state index in [1.807, 2.05) is 6.92 Å². The maximum Gasteiger partial charge on any atom is 0.387 e. The smallest absolute Gasteiger partial charge is 0.387 e. The summed E-state index contributed by atoms with van der Waals surface area (Å²) in [5, 5.41) is 10.1. The molecule has 38 heavy (non-hydrogen) atoms. The first kappa shape index (κ1) is 27.5. The van der Waals surface area contributed by atoms with Crippen molar-refractivity contribution >= 4 is 29.2 Å². The van der Waals surface area contributed by atoms with Crippen LogP contribution in [0, 0.1) is 11.8 Å². The molecule has 206 valence electrons. The van der Waals surface area contributed by atoms with E-state index in [9.17, 15) is 18.7 Å². The van der Waals surface area contributed by atoms with Crippen LogP contribution in [-0.4, -0.2) is 41.3 Å². The highest BCUT2D eigenvalue weighted by atomic mass is 35.5. The highest BCUT2D eigenvalue weighted by molar-refractivity contribution is 6.35. The van der Waals surface area contributed by atoms with Gasteiger partial charge in [-0.25, -0.2) is 0 Å². The zero-order chi connectivity index (χ0) is 27.2. The molecule has 2 aliphatic heterocycles. The molecule has 2 aromatic rings. The summed E-state index contributed by atoms with van der Waals surface area (Å²) in [7, 11) is 0. The molecule has 1 saturated carbocycles. The second-order valence-electron chi connectivity index (χ2n) is 11.0. The lowest BCUT2D eigenvalue weighted by molar-refractivity contribution is -0.142. The molecule has 5 nitrogen and oxygen atoms in total.